The predicted molar refractivity (Wildman–Crippen MR) is 121 cm³/mol. The Morgan fingerprint density at radius 3 is 2.32 bits per heavy atom. The molecule has 3 amide bonds. The van der Waals surface area contributed by atoms with Gasteiger partial charge in [0.05, 0.1) is 0 Å². The number of rotatable bonds is 7. The Hall–Kier alpha value is -2.86. The van der Waals surface area contributed by atoms with E-state index >= 15 is 0 Å². The lowest BCUT2D eigenvalue weighted by molar-refractivity contribution is -0.124. The smallest absolute Gasteiger partial charge is 0.253 e. The number of carbonyl (C=O) groups excluding carboxylic acids is 3. The van der Waals surface area contributed by atoms with Gasteiger partial charge in [-0.05, 0) is 60.7 Å². The Labute approximate surface area is 188 Å². The molecule has 3 rings (SSSR count). The van der Waals surface area contributed by atoms with Gasteiger partial charge in [-0.25, -0.2) is 0 Å². The molecule has 0 aromatic heterocycles. The van der Waals surface area contributed by atoms with Crippen LogP contribution in [0.1, 0.15) is 53.0 Å². The second-order valence-corrected chi connectivity index (χ2v) is 8.56. The summed E-state index contributed by atoms with van der Waals surface area (Å²) in [5, 5.41) is 6.22. The van der Waals surface area contributed by atoms with Crippen molar-refractivity contribution in [1.82, 2.24) is 15.5 Å². The van der Waals surface area contributed by atoms with Crippen molar-refractivity contribution in [2.75, 3.05) is 13.1 Å². The van der Waals surface area contributed by atoms with Gasteiger partial charge in [-0.1, -0.05) is 37.6 Å². The van der Waals surface area contributed by atoms with E-state index < -0.39 is 6.04 Å². The summed E-state index contributed by atoms with van der Waals surface area (Å²) in [6.07, 6.45) is 2.08. The van der Waals surface area contributed by atoms with Gasteiger partial charge in [0.25, 0.3) is 11.8 Å². The minimum Gasteiger partial charge on any atom is -0.350 e. The third-order valence-corrected chi connectivity index (χ3v) is 5.63. The van der Waals surface area contributed by atoms with E-state index in [0.717, 1.165) is 31.5 Å². The molecule has 0 saturated carbocycles. The maximum Gasteiger partial charge on any atom is 0.253 e. The van der Waals surface area contributed by atoms with E-state index in [1.807, 2.05) is 36.9 Å². The van der Waals surface area contributed by atoms with Crippen LogP contribution >= 0.6 is 11.6 Å². The monoisotopic (exact) mass is 441 g/mol. The summed E-state index contributed by atoms with van der Waals surface area (Å²) in [7, 11) is 0. The van der Waals surface area contributed by atoms with Crippen LogP contribution in [-0.2, 0) is 11.3 Å². The van der Waals surface area contributed by atoms with Crippen LogP contribution in [0.2, 0.25) is 5.02 Å². The lowest BCUT2D eigenvalue weighted by Gasteiger charge is -2.22. The van der Waals surface area contributed by atoms with Crippen molar-refractivity contribution in [3.05, 3.63) is 70.2 Å². The number of likely N-dealkylation sites (tertiary alicyclic amines) is 1. The van der Waals surface area contributed by atoms with E-state index in [-0.39, 0.29) is 30.2 Å². The average molecular weight is 442 g/mol. The van der Waals surface area contributed by atoms with E-state index in [9.17, 15) is 14.4 Å². The molecule has 1 aliphatic heterocycles. The van der Waals surface area contributed by atoms with Crippen molar-refractivity contribution < 1.29 is 14.4 Å². The van der Waals surface area contributed by atoms with Gasteiger partial charge in [0.15, 0.2) is 0 Å². The highest BCUT2D eigenvalue weighted by Crippen LogP contribution is 2.15. The lowest BCUT2D eigenvalue weighted by atomic mass is 10.0. The van der Waals surface area contributed by atoms with Crippen LogP contribution in [0.5, 0.6) is 0 Å². The Morgan fingerprint density at radius 2 is 1.68 bits per heavy atom. The van der Waals surface area contributed by atoms with Crippen LogP contribution < -0.4 is 10.6 Å². The zero-order chi connectivity index (χ0) is 22.4. The summed E-state index contributed by atoms with van der Waals surface area (Å²) in [5.74, 6) is -0.669. The highest BCUT2D eigenvalue weighted by Gasteiger charge is 2.25. The maximum atomic E-state index is 12.8. The fraction of sp³-hybridized carbons (Fsp3) is 0.375. The third-order valence-electron chi connectivity index (χ3n) is 5.38. The molecule has 2 aromatic rings. The topological polar surface area (TPSA) is 78.5 Å². The molecule has 1 heterocycles. The molecule has 1 aliphatic rings. The van der Waals surface area contributed by atoms with Crippen molar-refractivity contribution >= 4 is 29.3 Å². The van der Waals surface area contributed by atoms with Crippen LogP contribution in [-0.4, -0.2) is 41.8 Å². The van der Waals surface area contributed by atoms with Crippen molar-refractivity contribution in [2.45, 2.75) is 39.3 Å². The van der Waals surface area contributed by atoms with Crippen LogP contribution in [0.4, 0.5) is 0 Å². The van der Waals surface area contributed by atoms with Gasteiger partial charge in [-0.2, -0.15) is 0 Å². The minimum atomic E-state index is -0.683. The molecule has 31 heavy (non-hydrogen) atoms. The van der Waals surface area contributed by atoms with Crippen LogP contribution in [0.25, 0.3) is 0 Å². The summed E-state index contributed by atoms with van der Waals surface area (Å²) in [5.41, 5.74) is 1.91. The number of nitrogens with one attached hydrogen (secondary N) is 2. The zero-order valence-electron chi connectivity index (χ0n) is 17.9. The van der Waals surface area contributed by atoms with Crippen LogP contribution in [0.3, 0.4) is 0 Å². The Bertz CT molecular complexity index is 937. The van der Waals surface area contributed by atoms with Crippen molar-refractivity contribution in [3.8, 4) is 0 Å². The molecule has 0 aliphatic carbocycles. The Morgan fingerprint density at radius 1 is 1.00 bits per heavy atom. The molecule has 1 saturated heterocycles. The Kier molecular flexibility index (Phi) is 7.69. The molecule has 0 bridgehead atoms. The third kappa shape index (κ3) is 6.07. The van der Waals surface area contributed by atoms with Gasteiger partial charge < -0.3 is 15.5 Å². The summed E-state index contributed by atoms with van der Waals surface area (Å²) in [6, 6.07) is 13.1. The van der Waals surface area contributed by atoms with E-state index in [1.54, 1.807) is 30.3 Å². The molecule has 164 valence electrons. The van der Waals surface area contributed by atoms with Gasteiger partial charge in [0.2, 0.25) is 5.91 Å². The number of carbonyl (C=O) groups is 3. The number of halogens is 1. The van der Waals surface area contributed by atoms with Gasteiger partial charge in [0, 0.05) is 35.8 Å². The number of benzene rings is 2. The van der Waals surface area contributed by atoms with Gasteiger partial charge in [0.1, 0.15) is 6.04 Å². The van der Waals surface area contributed by atoms with E-state index in [2.05, 4.69) is 10.6 Å². The molecule has 1 unspecified atom stereocenters. The summed E-state index contributed by atoms with van der Waals surface area (Å²) in [6.45, 7) is 5.62. The molecule has 1 atom stereocenters. The molecule has 6 nitrogen and oxygen atoms in total. The number of hydrogen-bond donors (Lipinski definition) is 2. The lowest BCUT2D eigenvalue weighted by Crippen LogP contribution is -2.49. The minimum absolute atomic E-state index is 0.0287. The second-order valence-electron chi connectivity index (χ2n) is 8.12. The molecule has 1 fully saturated rings. The molecule has 0 spiro atoms. The molecular formula is C24H28ClN3O3. The number of hydrogen-bond acceptors (Lipinski definition) is 3. The fourth-order valence-corrected chi connectivity index (χ4v) is 3.70. The molecule has 0 radical (unpaired) electrons. The number of nitrogens with zero attached hydrogens (tertiary/aromatic N) is 1. The quantitative estimate of drug-likeness (QED) is 0.688. The van der Waals surface area contributed by atoms with Crippen molar-refractivity contribution in [2.24, 2.45) is 5.92 Å². The molecular weight excluding hydrogens is 414 g/mol. The van der Waals surface area contributed by atoms with E-state index in [1.165, 1.54) is 0 Å². The fourth-order valence-electron chi connectivity index (χ4n) is 3.58. The van der Waals surface area contributed by atoms with Crippen molar-refractivity contribution in [1.29, 1.82) is 0 Å². The summed E-state index contributed by atoms with van der Waals surface area (Å²) >= 11 is 5.87. The summed E-state index contributed by atoms with van der Waals surface area (Å²) in [4.78, 5) is 39.8. The van der Waals surface area contributed by atoms with Gasteiger partial charge >= 0.3 is 0 Å². The zero-order valence-corrected chi connectivity index (χ0v) is 18.6. The largest absolute Gasteiger partial charge is 0.350 e. The van der Waals surface area contributed by atoms with Crippen LogP contribution in [0, 0.1) is 5.92 Å². The van der Waals surface area contributed by atoms with Crippen molar-refractivity contribution in [3.63, 3.8) is 0 Å². The van der Waals surface area contributed by atoms with E-state index in [4.69, 9.17) is 11.6 Å². The molecule has 2 N–H and O–H groups in total. The first-order valence-electron chi connectivity index (χ1n) is 10.6. The first-order chi connectivity index (χ1) is 14.8. The first kappa shape index (κ1) is 22.8. The van der Waals surface area contributed by atoms with Gasteiger partial charge in [-0.15, -0.1) is 0 Å². The standard InChI is InChI=1S/C24H28ClN3O3/c1-16(2)21(27-22(29)18-8-10-20(25)11-9-18)23(30)26-15-17-6-5-7-19(14-17)24(31)28-12-3-4-13-28/h5-11,14,16,21H,3-4,12-13,15H2,1-2H3,(H,26,30)(H,27,29). The SMILES string of the molecule is CC(C)C(NC(=O)c1ccc(Cl)cc1)C(=O)NCc1cccc(C(=O)N2CCCC2)c1. The summed E-state index contributed by atoms with van der Waals surface area (Å²) < 4.78 is 0. The highest BCUT2D eigenvalue weighted by molar-refractivity contribution is 6.30. The Balaban J connectivity index is 1.61. The molecule has 7 heteroatoms. The average Bonchev–Trinajstić information content (AvgIpc) is 3.30. The van der Waals surface area contributed by atoms with E-state index in [0.29, 0.717) is 16.1 Å². The second kappa shape index (κ2) is 10.4. The maximum absolute atomic E-state index is 12.8. The highest BCUT2D eigenvalue weighted by atomic mass is 35.5. The number of amides is 3. The normalized spacial score (nSPS) is 14.4. The van der Waals surface area contributed by atoms with Gasteiger partial charge in [-0.3, -0.25) is 14.4 Å². The predicted octanol–water partition coefficient (Wildman–Crippen LogP) is 3.65. The molecule has 2 aromatic carbocycles. The van der Waals surface area contributed by atoms with Crippen LogP contribution in [0.15, 0.2) is 48.5 Å². The first-order valence-corrected chi connectivity index (χ1v) is 11.0.